The van der Waals surface area contributed by atoms with Crippen molar-refractivity contribution in [2.75, 3.05) is 0 Å². The van der Waals surface area contributed by atoms with E-state index in [1.165, 1.54) is 0 Å². The van der Waals surface area contributed by atoms with Crippen LogP contribution in [0.1, 0.15) is 65.0 Å². The smallest absolute Gasteiger partial charge is 0.311 e. The molecule has 0 N–H and O–H groups in total. The number of ether oxygens (including phenoxy) is 3. The molecule has 0 amide bonds. The van der Waals surface area contributed by atoms with Gasteiger partial charge in [0.1, 0.15) is 18.8 Å². The SMILES string of the molecule is CCCCC(C(=O)OCc1ccccc1)C(C(=O)OCc1ccccc1)C(C)C(=O)OC(C)(C)C. The predicted molar refractivity (Wildman–Crippen MR) is 134 cm³/mol. The van der Waals surface area contributed by atoms with E-state index in [1.54, 1.807) is 27.7 Å². The Bertz CT molecular complexity index is 933. The minimum absolute atomic E-state index is 0.0524. The van der Waals surface area contributed by atoms with Gasteiger partial charge in [-0.2, -0.15) is 0 Å². The van der Waals surface area contributed by atoms with Crippen LogP contribution in [0.15, 0.2) is 60.7 Å². The zero-order valence-corrected chi connectivity index (χ0v) is 21.5. The van der Waals surface area contributed by atoms with Crippen molar-refractivity contribution in [3.8, 4) is 0 Å². The van der Waals surface area contributed by atoms with Crippen molar-refractivity contribution in [1.82, 2.24) is 0 Å². The average Bonchev–Trinajstić information content (AvgIpc) is 2.83. The molecule has 35 heavy (non-hydrogen) atoms. The Morgan fingerprint density at radius 1 is 0.771 bits per heavy atom. The van der Waals surface area contributed by atoms with Gasteiger partial charge in [-0.25, -0.2) is 0 Å². The van der Waals surface area contributed by atoms with E-state index in [0.29, 0.717) is 12.8 Å². The van der Waals surface area contributed by atoms with Crippen molar-refractivity contribution < 1.29 is 28.6 Å². The third-order valence-electron chi connectivity index (χ3n) is 5.64. The topological polar surface area (TPSA) is 78.9 Å². The second-order valence-corrected chi connectivity index (χ2v) is 9.78. The minimum atomic E-state index is -1.02. The first-order valence-corrected chi connectivity index (χ1v) is 12.3. The molecule has 0 heterocycles. The van der Waals surface area contributed by atoms with Crippen LogP contribution in [0.4, 0.5) is 0 Å². The van der Waals surface area contributed by atoms with Crippen LogP contribution in [0.2, 0.25) is 0 Å². The number of hydrogen-bond acceptors (Lipinski definition) is 6. The minimum Gasteiger partial charge on any atom is -0.461 e. The van der Waals surface area contributed by atoms with Gasteiger partial charge in [-0.3, -0.25) is 14.4 Å². The van der Waals surface area contributed by atoms with Gasteiger partial charge in [0.05, 0.1) is 17.8 Å². The first-order valence-electron chi connectivity index (χ1n) is 12.3. The number of carbonyl (C=O) groups excluding carboxylic acids is 3. The lowest BCUT2D eigenvalue weighted by molar-refractivity contribution is -0.174. The summed E-state index contributed by atoms with van der Waals surface area (Å²) in [6, 6.07) is 18.6. The quantitative estimate of drug-likeness (QED) is 0.278. The third-order valence-corrected chi connectivity index (χ3v) is 5.64. The molecule has 0 fully saturated rings. The van der Waals surface area contributed by atoms with Crippen molar-refractivity contribution in [1.29, 1.82) is 0 Å². The van der Waals surface area contributed by atoms with Gasteiger partial charge in [-0.05, 0) is 38.3 Å². The third kappa shape index (κ3) is 9.55. The highest BCUT2D eigenvalue weighted by Gasteiger charge is 2.43. The van der Waals surface area contributed by atoms with Crippen LogP contribution < -0.4 is 0 Å². The fourth-order valence-corrected chi connectivity index (χ4v) is 3.79. The van der Waals surface area contributed by atoms with E-state index in [2.05, 4.69) is 0 Å². The molecule has 0 aliphatic heterocycles. The number of esters is 3. The number of benzene rings is 2. The summed E-state index contributed by atoms with van der Waals surface area (Å²) in [5.41, 5.74) is 0.941. The summed E-state index contributed by atoms with van der Waals surface area (Å²) in [6.07, 6.45) is 1.94. The highest BCUT2D eigenvalue weighted by molar-refractivity contribution is 5.87. The Morgan fingerprint density at radius 2 is 1.26 bits per heavy atom. The van der Waals surface area contributed by atoms with Gasteiger partial charge in [0.2, 0.25) is 0 Å². The molecule has 2 rings (SSSR count). The molecule has 0 radical (unpaired) electrons. The van der Waals surface area contributed by atoms with Gasteiger partial charge < -0.3 is 14.2 Å². The average molecular weight is 483 g/mol. The molecule has 6 heteroatoms. The lowest BCUT2D eigenvalue weighted by Gasteiger charge is -2.30. The second kappa shape index (κ2) is 13.7. The van der Waals surface area contributed by atoms with Crippen LogP contribution in [-0.4, -0.2) is 23.5 Å². The second-order valence-electron chi connectivity index (χ2n) is 9.78. The Labute approximate surface area is 209 Å². The van der Waals surface area contributed by atoms with Crippen LogP contribution >= 0.6 is 0 Å². The van der Waals surface area contributed by atoms with Crippen LogP contribution in [0.5, 0.6) is 0 Å². The Morgan fingerprint density at radius 3 is 1.71 bits per heavy atom. The fourth-order valence-electron chi connectivity index (χ4n) is 3.79. The molecule has 0 aliphatic rings. The molecule has 3 unspecified atom stereocenters. The summed E-state index contributed by atoms with van der Waals surface area (Å²) in [5, 5.41) is 0. The van der Waals surface area contributed by atoms with Crippen molar-refractivity contribution in [3.05, 3.63) is 71.8 Å². The molecule has 0 bridgehead atoms. The fraction of sp³-hybridized carbons (Fsp3) is 0.483. The van der Waals surface area contributed by atoms with Gasteiger partial charge in [-0.1, -0.05) is 87.4 Å². The summed E-state index contributed by atoms with van der Waals surface area (Å²) >= 11 is 0. The first kappa shape index (κ1) is 28.1. The van der Waals surface area contributed by atoms with Crippen molar-refractivity contribution >= 4 is 17.9 Å². The number of rotatable bonds is 12. The van der Waals surface area contributed by atoms with E-state index in [-0.39, 0.29) is 13.2 Å². The molecule has 0 aliphatic carbocycles. The summed E-state index contributed by atoms with van der Waals surface area (Å²) < 4.78 is 16.8. The molecule has 190 valence electrons. The summed E-state index contributed by atoms with van der Waals surface area (Å²) in [7, 11) is 0. The van der Waals surface area contributed by atoms with E-state index in [9.17, 15) is 14.4 Å². The molecule has 0 saturated heterocycles. The highest BCUT2D eigenvalue weighted by Crippen LogP contribution is 2.31. The molecule has 0 saturated carbocycles. The number of hydrogen-bond donors (Lipinski definition) is 0. The lowest BCUT2D eigenvalue weighted by Crippen LogP contribution is -2.41. The van der Waals surface area contributed by atoms with E-state index in [4.69, 9.17) is 14.2 Å². The van der Waals surface area contributed by atoms with Gasteiger partial charge in [0.25, 0.3) is 0 Å². The normalized spacial score (nSPS) is 13.9. The molecular weight excluding hydrogens is 444 g/mol. The Balaban J connectivity index is 2.28. The molecule has 0 aromatic heterocycles. The van der Waals surface area contributed by atoms with Crippen LogP contribution in [0.3, 0.4) is 0 Å². The van der Waals surface area contributed by atoms with Crippen LogP contribution in [-0.2, 0) is 41.8 Å². The molecule has 6 nitrogen and oxygen atoms in total. The molecule has 0 spiro atoms. The number of unbranched alkanes of at least 4 members (excludes halogenated alkanes) is 1. The standard InChI is InChI=1S/C29H38O6/c1-6-7-18-24(27(31)33-19-22-14-10-8-11-15-22)25(21(2)26(30)35-29(3,4)5)28(32)34-20-23-16-12-9-13-17-23/h8-17,21,24-25H,6-7,18-20H2,1-5H3. The zero-order valence-electron chi connectivity index (χ0n) is 21.5. The van der Waals surface area contributed by atoms with E-state index in [0.717, 1.165) is 17.5 Å². The van der Waals surface area contributed by atoms with Crippen molar-refractivity contribution in [2.24, 2.45) is 17.8 Å². The van der Waals surface area contributed by atoms with Gasteiger partial charge in [-0.15, -0.1) is 0 Å². The maximum absolute atomic E-state index is 13.4. The first-order chi connectivity index (χ1) is 16.6. The van der Waals surface area contributed by atoms with Crippen LogP contribution in [0, 0.1) is 17.8 Å². The summed E-state index contributed by atoms with van der Waals surface area (Å²) in [4.78, 5) is 39.6. The summed E-state index contributed by atoms with van der Waals surface area (Å²) in [5.74, 6) is -4.41. The zero-order chi connectivity index (χ0) is 25.8. The number of carbonyl (C=O) groups is 3. The van der Waals surface area contributed by atoms with E-state index < -0.39 is 41.3 Å². The van der Waals surface area contributed by atoms with E-state index >= 15 is 0 Å². The maximum atomic E-state index is 13.4. The molecular formula is C29H38O6. The van der Waals surface area contributed by atoms with Crippen LogP contribution in [0.25, 0.3) is 0 Å². The maximum Gasteiger partial charge on any atom is 0.311 e. The summed E-state index contributed by atoms with van der Waals surface area (Å²) in [6.45, 7) is 9.07. The highest BCUT2D eigenvalue weighted by atomic mass is 16.6. The Hall–Kier alpha value is -3.15. The molecule has 2 aromatic carbocycles. The van der Waals surface area contributed by atoms with Gasteiger partial charge in [0, 0.05) is 0 Å². The monoisotopic (exact) mass is 482 g/mol. The molecule has 3 atom stereocenters. The largest absolute Gasteiger partial charge is 0.461 e. The van der Waals surface area contributed by atoms with Gasteiger partial charge in [0.15, 0.2) is 0 Å². The predicted octanol–water partition coefficient (Wildman–Crippen LogP) is 5.87. The van der Waals surface area contributed by atoms with Crippen molar-refractivity contribution in [3.63, 3.8) is 0 Å². The Kier molecular flexibility index (Phi) is 11.0. The van der Waals surface area contributed by atoms with Gasteiger partial charge >= 0.3 is 17.9 Å². The van der Waals surface area contributed by atoms with Crippen molar-refractivity contribution in [2.45, 2.75) is 72.7 Å². The lowest BCUT2D eigenvalue weighted by atomic mass is 9.79. The van der Waals surface area contributed by atoms with E-state index in [1.807, 2.05) is 67.6 Å². The molecule has 2 aromatic rings.